The zero-order valence-electron chi connectivity index (χ0n) is 23.1. The summed E-state index contributed by atoms with van der Waals surface area (Å²) in [6.07, 6.45) is 3.28. The number of hydrogen-bond donors (Lipinski definition) is 2. The second-order valence-electron chi connectivity index (χ2n) is 8.62. The SMILES string of the molecule is COc1cc(Nc2ccc(OC)c(OC)c2)ccc1/C=C/C(=O)c1ccc(Nc2ccc(OC)c(OC)c2)cc1. The lowest BCUT2D eigenvalue weighted by Crippen LogP contribution is -1.97. The summed E-state index contributed by atoms with van der Waals surface area (Å²) in [6.45, 7) is 0. The maximum Gasteiger partial charge on any atom is 0.185 e. The Balaban J connectivity index is 1.42. The average Bonchev–Trinajstić information content (AvgIpc) is 3.00. The van der Waals surface area contributed by atoms with Crippen LogP contribution in [-0.2, 0) is 0 Å². The molecule has 0 saturated heterocycles. The van der Waals surface area contributed by atoms with Crippen molar-refractivity contribution in [3.63, 3.8) is 0 Å². The van der Waals surface area contributed by atoms with E-state index in [4.69, 9.17) is 23.7 Å². The summed E-state index contributed by atoms with van der Waals surface area (Å²) < 4.78 is 26.9. The Morgan fingerprint density at radius 3 is 1.45 bits per heavy atom. The molecule has 40 heavy (non-hydrogen) atoms. The van der Waals surface area contributed by atoms with Crippen molar-refractivity contribution in [2.45, 2.75) is 0 Å². The quantitative estimate of drug-likeness (QED) is 0.145. The molecule has 206 valence electrons. The fourth-order valence-electron chi connectivity index (χ4n) is 4.07. The van der Waals surface area contributed by atoms with Crippen LogP contribution in [0.5, 0.6) is 28.7 Å². The van der Waals surface area contributed by atoms with E-state index in [2.05, 4.69) is 10.6 Å². The van der Waals surface area contributed by atoms with Crippen molar-refractivity contribution in [1.82, 2.24) is 0 Å². The first-order valence-corrected chi connectivity index (χ1v) is 12.5. The third kappa shape index (κ3) is 6.66. The number of methoxy groups -OCH3 is 5. The second kappa shape index (κ2) is 13.1. The first-order chi connectivity index (χ1) is 19.5. The van der Waals surface area contributed by atoms with Gasteiger partial charge in [0.1, 0.15) is 5.75 Å². The molecule has 0 aliphatic rings. The van der Waals surface area contributed by atoms with Crippen LogP contribution in [0.3, 0.4) is 0 Å². The van der Waals surface area contributed by atoms with Crippen molar-refractivity contribution in [1.29, 1.82) is 0 Å². The molecule has 0 atom stereocenters. The summed E-state index contributed by atoms with van der Waals surface area (Å²) in [5.41, 5.74) is 4.69. The van der Waals surface area contributed by atoms with Crippen molar-refractivity contribution < 1.29 is 28.5 Å². The minimum absolute atomic E-state index is 0.118. The van der Waals surface area contributed by atoms with Gasteiger partial charge < -0.3 is 34.3 Å². The third-order valence-electron chi connectivity index (χ3n) is 6.16. The Hall–Kier alpha value is -5.11. The van der Waals surface area contributed by atoms with E-state index in [1.54, 1.807) is 53.8 Å². The highest BCUT2D eigenvalue weighted by Gasteiger charge is 2.09. The Morgan fingerprint density at radius 1 is 0.525 bits per heavy atom. The smallest absolute Gasteiger partial charge is 0.185 e. The molecule has 0 heterocycles. The number of ketones is 1. The Morgan fingerprint density at radius 2 is 0.950 bits per heavy atom. The molecule has 0 aliphatic carbocycles. The largest absolute Gasteiger partial charge is 0.496 e. The molecule has 0 bridgehead atoms. The number of benzene rings is 4. The van der Waals surface area contributed by atoms with Gasteiger partial charge in [0, 0.05) is 52.1 Å². The van der Waals surface area contributed by atoms with Crippen molar-refractivity contribution >= 4 is 34.6 Å². The number of nitrogens with one attached hydrogen (secondary N) is 2. The van der Waals surface area contributed by atoms with Crippen LogP contribution >= 0.6 is 0 Å². The number of hydrogen-bond acceptors (Lipinski definition) is 8. The Bertz CT molecular complexity index is 1500. The lowest BCUT2D eigenvalue weighted by atomic mass is 10.1. The molecule has 0 saturated carbocycles. The first kappa shape index (κ1) is 27.9. The molecule has 0 spiro atoms. The van der Waals surface area contributed by atoms with Gasteiger partial charge in [0.25, 0.3) is 0 Å². The molecule has 0 radical (unpaired) electrons. The summed E-state index contributed by atoms with van der Waals surface area (Å²) in [5, 5.41) is 6.63. The first-order valence-electron chi connectivity index (χ1n) is 12.5. The fourth-order valence-corrected chi connectivity index (χ4v) is 4.07. The van der Waals surface area contributed by atoms with Crippen molar-refractivity contribution in [3.8, 4) is 28.7 Å². The Kier molecular flexibility index (Phi) is 9.15. The summed E-state index contributed by atoms with van der Waals surface area (Å²) in [5.74, 6) is 3.07. The molecule has 0 unspecified atom stereocenters. The zero-order chi connectivity index (χ0) is 28.5. The maximum atomic E-state index is 12.8. The third-order valence-corrected chi connectivity index (χ3v) is 6.16. The second-order valence-corrected chi connectivity index (χ2v) is 8.62. The highest BCUT2D eigenvalue weighted by atomic mass is 16.5. The van der Waals surface area contributed by atoms with Crippen molar-refractivity contribution in [2.75, 3.05) is 46.2 Å². The van der Waals surface area contributed by atoms with Gasteiger partial charge in [-0.2, -0.15) is 0 Å². The molecular weight excluding hydrogens is 508 g/mol. The highest BCUT2D eigenvalue weighted by molar-refractivity contribution is 6.07. The highest BCUT2D eigenvalue weighted by Crippen LogP contribution is 2.33. The number of rotatable bonds is 12. The van der Waals surface area contributed by atoms with Crippen molar-refractivity contribution in [3.05, 3.63) is 96.1 Å². The van der Waals surface area contributed by atoms with Crippen LogP contribution in [0.15, 0.2) is 84.9 Å². The number of carbonyl (C=O) groups excluding carboxylic acids is 1. The molecule has 4 rings (SSSR count). The number of carbonyl (C=O) groups is 1. The summed E-state index contributed by atoms with van der Waals surface area (Å²) in [6, 6.07) is 24.1. The van der Waals surface area contributed by atoms with Gasteiger partial charge in [-0.1, -0.05) is 0 Å². The average molecular weight is 541 g/mol. The minimum Gasteiger partial charge on any atom is -0.496 e. The lowest BCUT2D eigenvalue weighted by molar-refractivity contribution is 0.104. The molecule has 4 aromatic rings. The van der Waals surface area contributed by atoms with Crippen LogP contribution in [0.2, 0.25) is 0 Å². The number of ether oxygens (including phenoxy) is 5. The van der Waals surface area contributed by atoms with Crippen LogP contribution < -0.4 is 34.3 Å². The molecule has 0 fully saturated rings. The van der Waals surface area contributed by atoms with Crippen molar-refractivity contribution in [2.24, 2.45) is 0 Å². The molecule has 2 N–H and O–H groups in total. The normalized spacial score (nSPS) is 10.6. The maximum absolute atomic E-state index is 12.8. The van der Waals surface area contributed by atoms with Crippen LogP contribution in [0.4, 0.5) is 22.7 Å². The fraction of sp³-hybridized carbons (Fsp3) is 0.156. The van der Waals surface area contributed by atoms with E-state index in [9.17, 15) is 4.79 Å². The monoisotopic (exact) mass is 540 g/mol. The molecule has 8 nitrogen and oxygen atoms in total. The molecule has 0 aliphatic heterocycles. The zero-order valence-corrected chi connectivity index (χ0v) is 23.1. The number of allylic oxidation sites excluding steroid dienone is 1. The van der Waals surface area contributed by atoms with Crippen LogP contribution in [-0.4, -0.2) is 41.3 Å². The van der Waals surface area contributed by atoms with Gasteiger partial charge in [-0.3, -0.25) is 4.79 Å². The summed E-state index contributed by atoms with van der Waals surface area (Å²) in [4.78, 5) is 12.8. The number of anilines is 4. The molecule has 0 aromatic heterocycles. The molecule has 4 aromatic carbocycles. The van der Waals surface area contributed by atoms with Crippen LogP contribution in [0.25, 0.3) is 6.08 Å². The van der Waals surface area contributed by atoms with E-state index in [-0.39, 0.29) is 5.78 Å². The van der Waals surface area contributed by atoms with Gasteiger partial charge in [0.15, 0.2) is 28.8 Å². The van der Waals surface area contributed by atoms with Gasteiger partial charge in [-0.25, -0.2) is 0 Å². The topological polar surface area (TPSA) is 87.3 Å². The Labute approximate surface area is 234 Å². The van der Waals surface area contributed by atoms with Crippen LogP contribution in [0.1, 0.15) is 15.9 Å². The van der Waals surface area contributed by atoms with Gasteiger partial charge in [0.2, 0.25) is 0 Å². The summed E-state index contributed by atoms with van der Waals surface area (Å²) in [7, 11) is 7.98. The minimum atomic E-state index is -0.118. The van der Waals surface area contributed by atoms with E-state index in [1.807, 2.05) is 66.7 Å². The predicted octanol–water partition coefficient (Wildman–Crippen LogP) is 7.11. The van der Waals surface area contributed by atoms with E-state index in [1.165, 1.54) is 6.08 Å². The van der Waals surface area contributed by atoms with Crippen LogP contribution in [0, 0.1) is 0 Å². The van der Waals surface area contributed by atoms with E-state index in [0.717, 1.165) is 28.3 Å². The van der Waals surface area contributed by atoms with Gasteiger partial charge in [-0.05, 0) is 72.8 Å². The van der Waals surface area contributed by atoms with E-state index < -0.39 is 0 Å². The predicted molar refractivity (Wildman–Crippen MR) is 158 cm³/mol. The molecule has 0 amide bonds. The van der Waals surface area contributed by atoms with Gasteiger partial charge >= 0.3 is 0 Å². The summed E-state index contributed by atoms with van der Waals surface area (Å²) >= 11 is 0. The molecular formula is C32H32N2O6. The van der Waals surface area contributed by atoms with E-state index in [0.29, 0.717) is 34.3 Å². The standard InChI is InChI=1S/C32H32N2O6/c1-36-28-16-13-25(19-31(28)39-4)33-23-10-6-21(7-11-23)27(35)15-9-22-8-12-24(18-30(22)38-3)34-26-14-17-29(37-2)32(20-26)40-5/h6-20,33-34H,1-5H3/b15-9+. The lowest BCUT2D eigenvalue weighted by Gasteiger charge is -2.13. The van der Waals surface area contributed by atoms with Gasteiger partial charge in [-0.15, -0.1) is 0 Å². The van der Waals surface area contributed by atoms with Gasteiger partial charge in [0.05, 0.1) is 35.5 Å². The van der Waals surface area contributed by atoms with E-state index >= 15 is 0 Å². The molecule has 8 heteroatoms.